The molecular formula is C22H25NO5. The van der Waals surface area contributed by atoms with Gasteiger partial charge in [0.05, 0.1) is 5.57 Å². The fraction of sp³-hybridized carbons (Fsp3) is 0.364. The number of ketones is 1. The van der Waals surface area contributed by atoms with E-state index in [4.69, 9.17) is 9.15 Å². The van der Waals surface area contributed by atoms with Crippen LogP contribution in [0.4, 0.5) is 0 Å². The number of nitrogens with zero attached hydrogens (tertiary/aromatic N) is 1. The summed E-state index contributed by atoms with van der Waals surface area (Å²) in [7, 11) is 1.58. The first kappa shape index (κ1) is 19.9. The van der Waals surface area contributed by atoms with Crippen LogP contribution in [-0.2, 0) is 20.7 Å². The number of rotatable bonds is 7. The lowest BCUT2D eigenvalue weighted by molar-refractivity contribution is -0.140. The molecule has 1 unspecified atom stereocenters. The first-order valence-corrected chi connectivity index (χ1v) is 9.41. The molecule has 6 heteroatoms. The molecule has 1 aliphatic rings. The maximum Gasteiger partial charge on any atom is 0.295 e. The molecule has 1 amide bonds. The van der Waals surface area contributed by atoms with Gasteiger partial charge in [0.1, 0.15) is 23.3 Å². The van der Waals surface area contributed by atoms with Crippen LogP contribution in [0, 0.1) is 6.92 Å². The van der Waals surface area contributed by atoms with Gasteiger partial charge in [0.15, 0.2) is 0 Å². The molecule has 0 spiro atoms. The van der Waals surface area contributed by atoms with Gasteiger partial charge in [0, 0.05) is 25.8 Å². The van der Waals surface area contributed by atoms with Gasteiger partial charge in [0.2, 0.25) is 0 Å². The number of likely N-dealkylation sites (tertiary alicyclic amines) is 1. The lowest BCUT2D eigenvalue weighted by atomic mass is 9.98. The molecule has 1 N–H and O–H groups in total. The topological polar surface area (TPSA) is 80.0 Å². The minimum Gasteiger partial charge on any atom is -0.507 e. The van der Waals surface area contributed by atoms with Gasteiger partial charge in [-0.25, -0.2) is 0 Å². The second-order valence-electron chi connectivity index (χ2n) is 6.84. The number of aryl methyl sites for hydroxylation is 2. The molecule has 0 aliphatic carbocycles. The van der Waals surface area contributed by atoms with Crippen molar-refractivity contribution in [1.82, 2.24) is 4.90 Å². The number of amides is 1. The zero-order valence-electron chi connectivity index (χ0n) is 16.4. The van der Waals surface area contributed by atoms with Gasteiger partial charge in [-0.15, -0.1) is 0 Å². The number of carbonyl (C=O) groups excluding carboxylic acids is 2. The average Bonchev–Trinajstić information content (AvgIpc) is 3.24. The Labute approximate surface area is 164 Å². The van der Waals surface area contributed by atoms with E-state index in [0.29, 0.717) is 36.7 Å². The first-order valence-electron chi connectivity index (χ1n) is 9.41. The van der Waals surface area contributed by atoms with E-state index < -0.39 is 17.7 Å². The lowest BCUT2D eigenvalue weighted by Crippen LogP contribution is -2.31. The Kier molecular flexibility index (Phi) is 5.99. The highest BCUT2D eigenvalue weighted by atomic mass is 16.5. The summed E-state index contributed by atoms with van der Waals surface area (Å²) < 4.78 is 10.8. The number of hydrogen-bond donors (Lipinski definition) is 1. The van der Waals surface area contributed by atoms with Crippen LogP contribution in [0.2, 0.25) is 0 Å². The maximum atomic E-state index is 12.8. The van der Waals surface area contributed by atoms with E-state index in [1.54, 1.807) is 38.3 Å². The predicted octanol–water partition coefficient (Wildman–Crippen LogP) is 3.61. The molecule has 1 aromatic carbocycles. The van der Waals surface area contributed by atoms with Crippen molar-refractivity contribution >= 4 is 17.4 Å². The largest absolute Gasteiger partial charge is 0.507 e. The minimum atomic E-state index is -0.753. The smallest absolute Gasteiger partial charge is 0.295 e. The van der Waals surface area contributed by atoms with Gasteiger partial charge in [-0.05, 0) is 37.5 Å². The normalized spacial score (nSPS) is 18.8. The number of Topliss-reactive ketones (excluding diaryl/α,β-unsaturated/α-hetero) is 1. The van der Waals surface area contributed by atoms with Crippen molar-refractivity contribution in [2.24, 2.45) is 0 Å². The van der Waals surface area contributed by atoms with Crippen molar-refractivity contribution in [1.29, 1.82) is 0 Å². The molecule has 1 aliphatic heterocycles. The van der Waals surface area contributed by atoms with E-state index in [1.807, 2.05) is 19.1 Å². The van der Waals surface area contributed by atoms with Crippen molar-refractivity contribution in [3.05, 3.63) is 64.6 Å². The van der Waals surface area contributed by atoms with E-state index >= 15 is 0 Å². The van der Waals surface area contributed by atoms with E-state index in [1.165, 1.54) is 4.90 Å². The molecule has 1 atom stereocenters. The molecule has 148 valence electrons. The van der Waals surface area contributed by atoms with Gasteiger partial charge < -0.3 is 19.2 Å². The predicted molar refractivity (Wildman–Crippen MR) is 105 cm³/mol. The van der Waals surface area contributed by atoms with Crippen molar-refractivity contribution < 1.29 is 23.8 Å². The summed E-state index contributed by atoms with van der Waals surface area (Å²) in [5.74, 6) is -0.393. The average molecular weight is 383 g/mol. The first-order chi connectivity index (χ1) is 13.5. The minimum absolute atomic E-state index is 0.0565. The molecule has 2 heterocycles. The fourth-order valence-electron chi connectivity index (χ4n) is 3.44. The third kappa shape index (κ3) is 3.73. The molecular weight excluding hydrogens is 358 g/mol. The fourth-order valence-corrected chi connectivity index (χ4v) is 3.44. The summed E-state index contributed by atoms with van der Waals surface area (Å²) in [6.45, 7) is 4.63. The second-order valence-corrected chi connectivity index (χ2v) is 6.84. The van der Waals surface area contributed by atoms with Crippen LogP contribution in [-0.4, -0.2) is 42.0 Å². The van der Waals surface area contributed by atoms with E-state index in [9.17, 15) is 14.7 Å². The lowest BCUT2D eigenvalue weighted by Gasteiger charge is -2.23. The number of ether oxygens (including phenoxy) is 1. The van der Waals surface area contributed by atoms with Gasteiger partial charge in [-0.3, -0.25) is 9.59 Å². The summed E-state index contributed by atoms with van der Waals surface area (Å²) in [6, 6.07) is 10.1. The van der Waals surface area contributed by atoms with Crippen LogP contribution in [0.5, 0.6) is 0 Å². The van der Waals surface area contributed by atoms with Crippen LogP contribution >= 0.6 is 0 Å². The Bertz CT molecular complexity index is 894. The monoisotopic (exact) mass is 383 g/mol. The SMILES string of the molecule is CCc1ccc(/C(O)=C2/C(=O)C(=O)N(CCCOC)C2c2ccc(C)o2)cc1. The van der Waals surface area contributed by atoms with Crippen molar-refractivity contribution in [2.75, 3.05) is 20.3 Å². The van der Waals surface area contributed by atoms with Crippen LogP contribution in [0.1, 0.15) is 42.0 Å². The second kappa shape index (κ2) is 8.44. The van der Waals surface area contributed by atoms with Crippen LogP contribution in [0.25, 0.3) is 5.76 Å². The molecule has 3 rings (SSSR count). The highest BCUT2D eigenvalue weighted by Gasteiger charge is 2.47. The molecule has 0 saturated carbocycles. The molecule has 2 aromatic rings. The molecule has 1 fully saturated rings. The van der Waals surface area contributed by atoms with Gasteiger partial charge in [-0.1, -0.05) is 31.2 Å². The van der Waals surface area contributed by atoms with E-state index in [2.05, 4.69) is 0 Å². The Hall–Kier alpha value is -2.86. The number of aliphatic hydroxyl groups is 1. The Morgan fingerprint density at radius 2 is 1.89 bits per heavy atom. The number of hydrogen-bond acceptors (Lipinski definition) is 5. The number of methoxy groups -OCH3 is 1. The third-order valence-electron chi connectivity index (χ3n) is 4.95. The molecule has 0 radical (unpaired) electrons. The highest BCUT2D eigenvalue weighted by molar-refractivity contribution is 6.46. The summed E-state index contributed by atoms with van der Waals surface area (Å²) in [6.07, 6.45) is 1.45. The summed E-state index contributed by atoms with van der Waals surface area (Å²) in [4.78, 5) is 26.9. The number of benzene rings is 1. The Morgan fingerprint density at radius 3 is 2.46 bits per heavy atom. The quantitative estimate of drug-likeness (QED) is 0.342. The molecule has 6 nitrogen and oxygen atoms in total. The van der Waals surface area contributed by atoms with E-state index in [-0.39, 0.29) is 11.3 Å². The van der Waals surface area contributed by atoms with Crippen LogP contribution in [0.3, 0.4) is 0 Å². The van der Waals surface area contributed by atoms with Gasteiger partial charge in [0.25, 0.3) is 11.7 Å². The van der Waals surface area contributed by atoms with Crippen molar-refractivity contribution in [3.8, 4) is 0 Å². The molecule has 1 saturated heterocycles. The van der Waals surface area contributed by atoms with Gasteiger partial charge in [-0.2, -0.15) is 0 Å². The summed E-state index contributed by atoms with van der Waals surface area (Å²) in [5, 5.41) is 10.9. The standard InChI is InChI=1S/C22H25NO5/c1-4-15-7-9-16(10-8-15)20(24)18-19(17-11-6-14(2)28-17)23(12-5-13-27-3)22(26)21(18)25/h6-11,19,24H,4-5,12-13H2,1-3H3/b20-18-. The van der Waals surface area contributed by atoms with Crippen LogP contribution in [0.15, 0.2) is 46.4 Å². The molecule has 28 heavy (non-hydrogen) atoms. The Balaban J connectivity index is 2.07. The van der Waals surface area contributed by atoms with Crippen LogP contribution < -0.4 is 0 Å². The number of carbonyl (C=O) groups is 2. The number of furan rings is 1. The van der Waals surface area contributed by atoms with E-state index in [0.717, 1.165) is 12.0 Å². The summed E-state index contributed by atoms with van der Waals surface area (Å²) >= 11 is 0. The molecule has 1 aromatic heterocycles. The maximum absolute atomic E-state index is 12.8. The zero-order chi connectivity index (χ0) is 20.3. The number of aliphatic hydroxyl groups excluding tert-OH is 1. The van der Waals surface area contributed by atoms with Crippen molar-refractivity contribution in [3.63, 3.8) is 0 Å². The Morgan fingerprint density at radius 1 is 1.18 bits per heavy atom. The third-order valence-corrected chi connectivity index (χ3v) is 4.95. The van der Waals surface area contributed by atoms with Crippen molar-refractivity contribution in [2.45, 2.75) is 32.7 Å². The van der Waals surface area contributed by atoms with Gasteiger partial charge >= 0.3 is 0 Å². The highest BCUT2D eigenvalue weighted by Crippen LogP contribution is 2.40. The summed E-state index contributed by atoms with van der Waals surface area (Å²) in [5.41, 5.74) is 1.68. The zero-order valence-corrected chi connectivity index (χ0v) is 16.4. The molecule has 0 bridgehead atoms.